The zero-order valence-electron chi connectivity index (χ0n) is 16.9. The van der Waals surface area contributed by atoms with Crippen molar-refractivity contribution < 1.29 is 17.5 Å². The molecule has 0 aliphatic carbocycles. The van der Waals surface area contributed by atoms with E-state index >= 15 is 0 Å². The molecule has 10 heteroatoms. The molecular weight excluding hydrogens is 424 g/mol. The summed E-state index contributed by atoms with van der Waals surface area (Å²) >= 11 is 0. The second-order valence-corrected chi connectivity index (χ2v) is 12.0. The van der Waals surface area contributed by atoms with E-state index in [2.05, 4.69) is 25.7 Å². The van der Waals surface area contributed by atoms with E-state index in [4.69, 9.17) is 0 Å². The summed E-state index contributed by atoms with van der Waals surface area (Å²) in [7, 11) is -2.38. The zero-order valence-corrected chi connectivity index (χ0v) is 18.5. The highest BCUT2D eigenvalue weighted by atomic mass is 32.3. The van der Waals surface area contributed by atoms with E-state index in [0.717, 1.165) is 34.4 Å². The molecule has 2 aromatic heterocycles. The second kappa shape index (κ2) is 7.95. The van der Waals surface area contributed by atoms with Crippen LogP contribution in [0.25, 0.3) is 22.2 Å². The summed E-state index contributed by atoms with van der Waals surface area (Å²) < 4.78 is 47.4. The molecule has 1 aliphatic rings. The molecule has 1 fully saturated rings. The number of hydrogen-bond acceptors (Lipinski definition) is 6. The Hall–Kier alpha value is -1.95. The highest BCUT2D eigenvalue weighted by Gasteiger charge is 2.31. The summed E-state index contributed by atoms with van der Waals surface area (Å²) in [4.78, 5) is 9.95. The predicted molar refractivity (Wildman–Crippen MR) is 120 cm³/mol. The summed E-state index contributed by atoms with van der Waals surface area (Å²) in [5.41, 5.74) is 3.72. The number of nitrogens with zero attached hydrogens (tertiary/aromatic N) is 2. The lowest BCUT2D eigenvalue weighted by Crippen LogP contribution is -2.35. The van der Waals surface area contributed by atoms with Crippen LogP contribution in [-0.2, 0) is 16.6 Å². The van der Waals surface area contributed by atoms with Crippen molar-refractivity contribution in [3.05, 3.63) is 48.3 Å². The van der Waals surface area contributed by atoms with Crippen molar-refractivity contribution in [2.45, 2.75) is 23.9 Å². The third kappa shape index (κ3) is 4.53. The Kier molecular flexibility index (Phi) is 5.64. The van der Waals surface area contributed by atoms with Crippen molar-refractivity contribution in [2.75, 3.05) is 25.6 Å². The molecule has 4 N–H and O–H groups in total. The van der Waals surface area contributed by atoms with Crippen LogP contribution in [0.1, 0.15) is 12.1 Å². The molecular formula is C20H26N4O4S2. The Morgan fingerprint density at radius 2 is 1.97 bits per heavy atom. The first-order valence-corrected chi connectivity index (χ1v) is 13.0. The molecule has 1 saturated heterocycles. The van der Waals surface area contributed by atoms with Crippen LogP contribution < -0.4 is 4.72 Å². The van der Waals surface area contributed by atoms with Crippen molar-refractivity contribution in [1.29, 1.82) is 0 Å². The molecule has 3 heterocycles. The Balaban J connectivity index is 1.58. The lowest BCUT2D eigenvalue weighted by molar-refractivity contribution is 0.398. The number of H-pyrrole nitrogens is 1. The molecule has 4 rings (SSSR count). The number of rotatable bonds is 6. The SMILES string of the molecule is CN(C)Cc1cc2c(-c3ccc(S(=O)(=O)N[C@@H]4CCS(O)(O)C4)cc3)ccnc2[nH]1. The van der Waals surface area contributed by atoms with Gasteiger partial charge in [0.25, 0.3) is 0 Å². The third-order valence-electron chi connectivity index (χ3n) is 5.13. The maximum Gasteiger partial charge on any atom is 0.240 e. The van der Waals surface area contributed by atoms with Crippen LogP contribution in [0.5, 0.6) is 0 Å². The fourth-order valence-corrected chi connectivity index (χ4v) is 6.87. The lowest BCUT2D eigenvalue weighted by atomic mass is 10.0. The Bertz CT molecular complexity index is 1160. The summed E-state index contributed by atoms with van der Waals surface area (Å²) in [5.74, 6) is 0.311. The Morgan fingerprint density at radius 3 is 2.60 bits per heavy atom. The van der Waals surface area contributed by atoms with E-state index in [1.165, 1.54) is 0 Å². The van der Waals surface area contributed by atoms with Gasteiger partial charge in [-0.25, -0.2) is 18.1 Å². The topological polar surface area (TPSA) is 119 Å². The predicted octanol–water partition coefficient (Wildman–Crippen LogP) is 3.09. The number of hydrogen-bond donors (Lipinski definition) is 4. The lowest BCUT2D eigenvalue weighted by Gasteiger charge is -2.26. The van der Waals surface area contributed by atoms with Gasteiger partial charge in [-0.05, 0) is 55.9 Å². The van der Waals surface area contributed by atoms with Gasteiger partial charge >= 0.3 is 0 Å². The van der Waals surface area contributed by atoms with E-state index in [-0.39, 0.29) is 16.4 Å². The average Bonchev–Trinajstić information content (AvgIpc) is 3.22. The van der Waals surface area contributed by atoms with Crippen molar-refractivity contribution in [1.82, 2.24) is 19.6 Å². The zero-order chi connectivity index (χ0) is 21.5. The van der Waals surface area contributed by atoms with Gasteiger partial charge in [0.05, 0.1) is 10.6 Å². The summed E-state index contributed by atoms with van der Waals surface area (Å²) in [6.07, 6.45) is 2.16. The molecule has 0 radical (unpaired) electrons. The van der Waals surface area contributed by atoms with Crippen LogP contribution in [0.15, 0.2) is 47.5 Å². The molecule has 0 spiro atoms. The molecule has 162 valence electrons. The van der Waals surface area contributed by atoms with E-state index in [9.17, 15) is 17.5 Å². The first-order valence-electron chi connectivity index (χ1n) is 9.61. The number of aromatic amines is 1. The number of sulfonamides is 1. The summed E-state index contributed by atoms with van der Waals surface area (Å²) in [6.45, 7) is 0.768. The fourth-order valence-electron chi connectivity index (χ4n) is 3.77. The van der Waals surface area contributed by atoms with Gasteiger partial charge in [0.1, 0.15) is 5.65 Å². The molecule has 3 aromatic rings. The molecule has 8 nitrogen and oxygen atoms in total. The molecule has 1 aliphatic heterocycles. The van der Waals surface area contributed by atoms with Crippen LogP contribution in [-0.4, -0.2) is 64.0 Å². The smallest absolute Gasteiger partial charge is 0.240 e. The minimum Gasteiger partial charge on any atom is -0.342 e. The molecule has 1 aromatic carbocycles. The van der Waals surface area contributed by atoms with Gasteiger partial charge in [-0.3, -0.25) is 9.11 Å². The van der Waals surface area contributed by atoms with Crippen LogP contribution in [0.4, 0.5) is 0 Å². The third-order valence-corrected chi connectivity index (χ3v) is 8.50. The normalized spacial score (nSPS) is 20.1. The minimum absolute atomic E-state index is 0.0715. The highest BCUT2D eigenvalue weighted by molar-refractivity contribution is 8.24. The monoisotopic (exact) mass is 450 g/mol. The van der Waals surface area contributed by atoms with E-state index in [1.807, 2.05) is 20.2 Å². The molecule has 0 saturated carbocycles. The van der Waals surface area contributed by atoms with Gasteiger partial charge in [0.2, 0.25) is 10.0 Å². The maximum atomic E-state index is 12.7. The molecule has 0 amide bonds. The quantitative estimate of drug-likeness (QED) is 0.458. The van der Waals surface area contributed by atoms with E-state index < -0.39 is 26.7 Å². The van der Waals surface area contributed by atoms with Crippen molar-refractivity contribution in [3.63, 3.8) is 0 Å². The molecule has 0 bridgehead atoms. The number of benzene rings is 1. The maximum absolute atomic E-state index is 12.7. The van der Waals surface area contributed by atoms with Crippen molar-refractivity contribution in [3.8, 4) is 11.1 Å². The first kappa shape index (κ1) is 21.3. The fraction of sp³-hybridized carbons (Fsp3) is 0.350. The van der Waals surface area contributed by atoms with Gasteiger partial charge < -0.3 is 9.88 Å². The summed E-state index contributed by atoms with van der Waals surface area (Å²) in [5, 5.41) is 0.985. The van der Waals surface area contributed by atoms with Crippen molar-refractivity contribution >= 4 is 31.6 Å². The Morgan fingerprint density at radius 1 is 1.23 bits per heavy atom. The summed E-state index contributed by atoms with van der Waals surface area (Å²) in [6, 6.07) is 10.3. The number of aromatic nitrogens is 2. The molecule has 1 atom stereocenters. The minimum atomic E-state index is -3.73. The van der Waals surface area contributed by atoms with Crippen LogP contribution in [0, 0.1) is 0 Å². The largest absolute Gasteiger partial charge is 0.342 e. The van der Waals surface area contributed by atoms with Crippen LogP contribution in [0.2, 0.25) is 0 Å². The van der Waals surface area contributed by atoms with Gasteiger partial charge in [-0.15, -0.1) is 0 Å². The molecule has 0 unspecified atom stereocenters. The second-order valence-electron chi connectivity index (χ2n) is 7.96. The highest BCUT2D eigenvalue weighted by Crippen LogP contribution is 2.45. The van der Waals surface area contributed by atoms with Crippen LogP contribution >= 0.6 is 10.6 Å². The standard InChI is InChI=1S/C20H26N4O4S2/c1-24(2)12-16-11-19-18(7-9-21-20(19)22-16)14-3-5-17(6-4-14)30(27,28)23-15-8-10-29(25,26)13-15/h3-7,9,11,15,23,25-26H,8,10,12-13H2,1-2H3,(H,21,22)/t15-/m1/s1. The van der Waals surface area contributed by atoms with E-state index in [1.54, 1.807) is 30.5 Å². The van der Waals surface area contributed by atoms with Gasteiger partial charge in [0, 0.05) is 35.6 Å². The van der Waals surface area contributed by atoms with Crippen molar-refractivity contribution in [2.24, 2.45) is 0 Å². The Labute approximate surface area is 177 Å². The number of nitrogens with one attached hydrogen (secondary N) is 2. The van der Waals surface area contributed by atoms with Gasteiger partial charge in [0.15, 0.2) is 0 Å². The number of pyridine rings is 1. The van der Waals surface area contributed by atoms with E-state index in [0.29, 0.717) is 6.42 Å². The van der Waals surface area contributed by atoms with Crippen LogP contribution in [0.3, 0.4) is 0 Å². The van der Waals surface area contributed by atoms with Gasteiger partial charge in [-0.1, -0.05) is 12.1 Å². The first-order chi connectivity index (χ1) is 14.1. The molecule has 30 heavy (non-hydrogen) atoms. The van der Waals surface area contributed by atoms with Gasteiger partial charge in [-0.2, -0.15) is 10.6 Å². The average molecular weight is 451 g/mol. The number of fused-ring (bicyclic) bond motifs is 1.